The Bertz CT molecular complexity index is 460. The molecule has 0 spiro atoms. The largest absolute Gasteiger partial charge is 0.336 e. The monoisotopic (exact) mass is 273 g/mol. The zero-order valence-electron chi connectivity index (χ0n) is 12.3. The molecule has 2 unspecified atom stereocenters. The summed E-state index contributed by atoms with van der Waals surface area (Å²) in [6, 6.07) is 4.74. The highest BCUT2D eigenvalue weighted by molar-refractivity contribution is 5.94. The first kappa shape index (κ1) is 13.6. The zero-order chi connectivity index (χ0) is 14.1. The van der Waals surface area contributed by atoms with Gasteiger partial charge in [0.1, 0.15) is 0 Å². The number of rotatable bonds is 3. The van der Waals surface area contributed by atoms with Gasteiger partial charge in [-0.2, -0.15) is 0 Å². The number of carbonyl (C=O) groups is 1. The maximum Gasteiger partial charge on any atom is 0.254 e. The standard InChI is InChI=1S/C16H23N3O/c1-12(2)9-19-14-3-4-15(19)11-18(10-14)16(20)13-5-7-17-8-6-13/h5-8,12,14-15H,3-4,9-11H2,1-2H3. The van der Waals surface area contributed by atoms with Gasteiger partial charge in [-0.3, -0.25) is 14.7 Å². The van der Waals surface area contributed by atoms with Crippen molar-refractivity contribution in [2.24, 2.45) is 5.92 Å². The van der Waals surface area contributed by atoms with E-state index in [2.05, 4.69) is 23.7 Å². The number of hydrogen-bond donors (Lipinski definition) is 0. The minimum atomic E-state index is 0.161. The van der Waals surface area contributed by atoms with Gasteiger partial charge in [-0.05, 0) is 30.9 Å². The third kappa shape index (κ3) is 2.57. The molecule has 4 heteroatoms. The Hall–Kier alpha value is -1.42. The van der Waals surface area contributed by atoms with E-state index in [0.29, 0.717) is 18.0 Å². The van der Waals surface area contributed by atoms with Gasteiger partial charge in [0.25, 0.3) is 5.91 Å². The summed E-state index contributed by atoms with van der Waals surface area (Å²) in [5.41, 5.74) is 0.761. The lowest BCUT2D eigenvalue weighted by Crippen LogP contribution is -2.56. The first-order valence-corrected chi connectivity index (χ1v) is 7.60. The second-order valence-electron chi connectivity index (χ2n) is 6.42. The summed E-state index contributed by atoms with van der Waals surface area (Å²) in [6.45, 7) is 7.46. The van der Waals surface area contributed by atoms with Crippen molar-refractivity contribution in [1.82, 2.24) is 14.8 Å². The second kappa shape index (κ2) is 5.52. The van der Waals surface area contributed by atoms with Crippen LogP contribution in [0.2, 0.25) is 0 Å². The van der Waals surface area contributed by atoms with E-state index in [1.54, 1.807) is 12.4 Å². The molecule has 0 radical (unpaired) electrons. The number of carbonyl (C=O) groups excluding carboxylic acids is 1. The fraction of sp³-hybridized carbons (Fsp3) is 0.625. The van der Waals surface area contributed by atoms with Gasteiger partial charge in [0.05, 0.1) is 0 Å². The third-order valence-corrected chi connectivity index (χ3v) is 4.42. The molecule has 2 saturated heterocycles. The molecule has 1 aromatic heterocycles. The number of aromatic nitrogens is 1. The molecule has 108 valence electrons. The van der Waals surface area contributed by atoms with Crippen molar-refractivity contribution in [3.05, 3.63) is 30.1 Å². The predicted octanol–water partition coefficient (Wildman–Crippen LogP) is 2.03. The third-order valence-electron chi connectivity index (χ3n) is 4.42. The molecule has 2 atom stereocenters. The van der Waals surface area contributed by atoms with Gasteiger partial charge in [-0.25, -0.2) is 0 Å². The summed E-state index contributed by atoms with van der Waals surface area (Å²) in [5.74, 6) is 0.856. The van der Waals surface area contributed by atoms with E-state index < -0.39 is 0 Å². The van der Waals surface area contributed by atoms with Crippen molar-refractivity contribution in [3.8, 4) is 0 Å². The Balaban J connectivity index is 1.70. The number of amides is 1. The fourth-order valence-electron chi connectivity index (χ4n) is 3.55. The Morgan fingerprint density at radius 2 is 1.85 bits per heavy atom. The summed E-state index contributed by atoms with van der Waals surface area (Å²) >= 11 is 0. The molecule has 3 rings (SSSR count). The molecule has 2 fully saturated rings. The molecule has 4 nitrogen and oxygen atoms in total. The normalized spacial score (nSPS) is 26.2. The maximum atomic E-state index is 12.5. The van der Waals surface area contributed by atoms with Crippen LogP contribution in [0.3, 0.4) is 0 Å². The highest BCUT2D eigenvalue weighted by atomic mass is 16.2. The summed E-state index contributed by atoms with van der Waals surface area (Å²) < 4.78 is 0. The molecule has 0 saturated carbocycles. The van der Waals surface area contributed by atoms with Gasteiger partial charge in [-0.15, -0.1) is 0 Å². The number of piperazine rings is 1. The van der Waals surface area contributed by atoms with E-state index in [0.717, 1.165) is 25.2 Å². The van der Waals surface area contributed by atoms with Crippen molar-refractivity contribution in [3.63, 3.8) is 0 Å². The lowest BCUT2D eigenvalue weighted by atomic mass is 10.1. The number of fused-ring (bicyclic) bond motifs is 2. The number of likely N-dealkylation sites (tertiary alicyclic amines) is 1. The topological polar surface area (TPSA) is 36.4 Å². The molecule has 0 N–H and O–H groups in total. The Morgan fingerprint density at radius 3 is 2.40 bits per heavy atom. The van der Waals surface area contributed by atoms with Gasteiger partial charge in [0, 0.05) is 49.7 Å². The van der Waals surface area contributed by atoms with Gasteiger partial charge in [0.15, 0.2) is 0 Å². The smallest absolute Gasteiger partial charge is 0.254 e. The van der Waals surface area contributed by atoms with Crippen LogP contribution < -0.4 is 0 Å². The molecule has 2 aliphatic heterocycles. The first-order chi connectivity index (χ1) is 9.65. The molecule has 2 bridgehead atoms. The van der Waals surface area contributed by atoms with Crippen LogP contribution in [0.1, 0.15) is 37.0 Å². The van der Waals surface area contributed by atoms with Crippen LogP contribution in [0.25, 0.3) is 0 Å². The van der Waals surface area contributed by atoms with Crippen molar-refractivity contribution < 1.29 is 4.79 Å². The molecule has 0 aliphatic carbocycles. The number of pyridine rings is 1. The van der Waals surface area contributed by atoms with E-state index in [9.17, 15) is 4.79 Å². The summed E-state index contributed by atoms with van der Waals surface area (Å²) in [5, 5.41) is 0. The zero-order valence-corrected chi connectivity index (χ0v) is 12.3. The summed E-state index contributed by atoms with van der Waals surface area (Å²) in [7, 11) is 0. The minimum Gasteiger partial charge on any atom is -0.336 e. The molecular formula is C16H23N3O. The lowest BCUT2D eigenvalue weighted by Gasteiger charge is -2.41. The average molecular weight is 273 g/mol. The Morgan fingerprint density at radius 1 is 1.25 bits per heavy atom. The van der Waals surface area contributed by atoms with E-state index in [1.165, 1.54) is 12.8 Å². The van der Waals surface area contributed by atoms with Crippen LogP contribution in [0.4, 0.5) is 0 Å². The lowest BCUT2D eigenvalue weighted by molar-refractivity contribution is 0.0413. The Labute approximate surface area is 120 Å². The highest BCUT2D eigenvalue weighted by Gasteiger charge is 2.41. The summed E-state index contributed by atoms with van der Waals surface area (Å²) in [6.07, 6.45) is 5.85. The van der Waals surface area contributed by atoms with Crippen molar-refractivity contribution in [2.75, 3.05) is 19.6 Å². The average Bonchev–Trinajstić information content (AvgIpc) is 2.69. The molecule has 3 heterocycles. The molecule has 0 aromatic carbocycles. The number of nitrogens with zero attached hydrogens (tertiary/aromatic N) is 3. The quantitative estimate of drug-likeness (QED) is 0.845. The van der Waals surface area contributed by atoms with E-state index in [1.807, 2.05) is 17.0 Å². The van der Waals surface area contributed by atoms with E-state index in [4.69, 9.17) is 0 Å². The van der Waals surface area contributed by atoms with Gasteiger partial charge < -0.3 is 4.90 Å². The van der Waals surface area contributed by atoms with E-state index >= 15 is 0 Å². The van der Waals surface area contributed by atoms with Crippen LogP contribution in [-0.2, 0) is 0 Å². The SMILES string of the molecule is CC(C)CN1C2CCC1CN(C(=O)c1ccncc1)C2. The molecule has 2 aliphatic rings. The van der Waals surface area contributed by atoms with Crippen LogP contribution in [0.15, 0.2) is 24.5 Å². The summed E-state index contributed by atoms with van der Waals surface area (Å²) in [4.78, 5) is 21.2. The van der Waals surface area contributed by atoms with Gasteiger partial charge in [-0.1, -0.05) is 13.8 Å². The van der Waals surface area contributed by atoms with E-state index in [-0.39, 0.29) is 5.91 Å². The van der Waals surface area contributed by atoms with Crippen LogP contribution in [0, 0.1) is 5.92 Å². The Kier molecular flexibility index (Phi) is 3.74. The molecule has 1 amide bonds. The van der Waals surface area contributed by atoms with Crippen molar-refractivity contribution in [1.29, 1.82) is 0 Å². The van der Waals surface area contributed by atoms with Crippen LogP contribution in [-0.4, -0.2) is 52.4 Å². The number of hydrogen-bond acceptors (Lipinski definition) is 3. The van der Waals surface area contributed by atoms with Gasteiger partial charge in [0.2, 0.25) is 0 Å². The molecular weight excluding hydrogens is 250 g/mol. The first-order valence-electron chi connectivity index (χ1n) is 7.60. The van der Waals surface area contributed by atoms with Gasteiger partial charge >= 0.3 is 0 Å². The maximum absolute atomic E-state index is 12.5. The van der Waals surface area contributed by atoms with Crippen LogP contribution >= 0.6 is 0 Å². The highest BCUT2D eigenvalue weighted by Crippen LogP contribution is 2.31. The van der Waals surface area contributed by atoms with Crippen LogP contribution in [0.5, 0.6) is 0 Å². The predicted molar refractivity (Wildman–Crippen MR) is 78.5 cm³/mol. The molecule has 20 heavy (non-hydrogen) atoms. The fourth-order valence-corrected chi connectivity index (χ4v) is 3.55. The molecule has 1 aromatic rings. The van der Waals surface area contributed by atoms with Crippen molar-refractivity contribution >= 4 is 5.91 Å². The minimum absolute atomic E-state index is 0.161. The second-order valence-corrected chi connectivity index (χ2v) is 6.42. The van der Waals surface area contributed by atoms with Crippen molar-refractivity contribution in [2.45, 2.75) is 38.8 Å².